The van der Waals surface area contributed by atoms with Crippen LogP contribution in [0.15, 0.2) is 11.6 Å². The Morgan fingerprint density at radius 2 is 1.75 bits per heavy atom. The Kier molecular flexibility index (Phi) is 3.80. The molecule has 0 spiro atoms. The molecule has 0 aromatic rings. The quantitative estimate of drug-likeness (QED) is 0.715. The van der Waals surface area contributed by atoms with Crippen molar-refractivity contribution in [1.82, 2.24) is 9.34 Å². The third-order valence-corrected chi connectivity index (χ3v) is 7.50. The first-order valence-electron chi connectivity index (χ1n) is 5.92. The maximum Gasteiger partial charge on any atom is 0.220 e. The van der Waals surface area contributed by atoms with Gasteiger partial charge < -0.3 is 0 Å². The third kappa shape index (κ3) is 1.88. The van der Waals surface area contributed by atoms with E-state index in [9.17, 15) is 4.57 Å². The van der Waals surface area contributed by atoms with Gasteiger partial charge >= 0.3 is 0 Å². The predicted molar refractivity (Wildman–Crippen MR) is 69.0 cm³/mol. The van der Waals surface area contributed by atoms with Crippen LogP contribution < -0.4 is 0 Å². The minimum atomic E-state index is -2.38. The summed E-state index contributed by atoms with van der Waals surface area (Å²) in [5, 5.41) is 0. The van der Waals surface area contributed by atoms with Gasteiger partial charge in [-0.15, -0.1) is 0 Å². The lowest BCUT2D eigenvalue weighted by Crippen LogP contribution is -2.37. The molecule has 0 aromatic carbocycles. The Morgan fingerprint density at radius 3 is 2.19 bits per heavy atom. The van der Waals surface area contributed by atoms with Gasteiger partial charge in [-0.2, -0.15) is 0 Å². The number of halogens is 1. The SMILES string of the molecule is CN1[C@H]2CCCC[C@@H]2N(C)P1(=O)C/C=C/Cl. The van der Waals surface area contributed by atoms with E-state index in [0.29, 0.717) is 18.2 Å². The highest BCUT2D eigenvalue weighted by atomic mass is 35.5. The zero-order valence-electron chi connectivity index (χ0n) is 9.97. The fourth-order valence-corrected chi connectivity index (χ4v) is 6.10. The van der Waals surface area contributed by atoms with Crippen LogP contribution >= 0.6 is 19.0 Å². The normalized spacial score (nSPS) is 35.7. The van der Waals surface area contributed by atoms with Crippen molar-refractivity contribution in [1.29, 1.82) is 0 Å². The van der Waals surface area contributed by atoms with E-state index in [1.807, 2.05) is 20.2 Å². The molecular weight excluding hydrogens is 243 g/mol. The zero-order valence-corrected chi connectivity index (χ0v) is 11.6. The second kappa shape index (κ2) is 4.81. The molecule has 0 amide bonds. The minimum Gasteiger partial charge on any atom is -0.288 e. The molecule has 1 saturated carbocycles. The first-order valence-corrected chi connectivity index (χ1v) is 8.15. The van der Waals surface area contributed by atoms with Crippen LogP contribution in [0, 0.1) is 0 Å². The van der Waals surface area contributed by atoms with Crippen LogP contribution in [-0.2, 0) is 4.57 Å². The van der Waals surface area contributed by atoms with Crippen molar-refractivity contribution in [2.24, 2.45) is 0 Å². The molecule has 5 heteroatoms. The average molecular weight is 263 g/mol. The van der Waals surface area contributed by atoms with Gasteiger partial charge in [0.25, 0.3) is 0 Å². The van der Waals surface area contributed by atoms with E-state index in [0.717, 1.165) is 0 Å². The topological polar surface area (TPSA) is 23.6 Å². The van der Waals surface area contributed by atoms with Crippen molar-refractivity contribution in [3.63, 3.8) is 0 Å². The Bertz CT molecular complexity index is 312. The number of hydrogen-bond acceptors (Lipinski definition) is 1. The summed E-state index contributed by atoms with van der Waals surface area (Å²) in [6, 6.07) is 0.960. The van der Waals surface area contributed by atoms with Crippen LogP contribution in [-0.4, -0.2) is 41.7 Å². The smallest absolute Gasteiger partial charge is 0.220 e. The number of nitrogens with zero attached hydrogens (tertiary/aromatic N) is 2. The standard InChI is InChI=1S/C11H20ClN2OP/c1-13-10-6-3-4-7-11(10)14(2)16(13,15)9-5-8-12/h5,8,10-11H,3-4,6-7,9H2,1-2H3/b8-5+/t10-,11-/m0/s1. The summed E-state index contributed by atoms with van der Waals surface area (Å²) < 4.78 is 17.2. The van der Waals surface area contributed by atoms with E-state index in [2.05, 4.69) is 9.34 Å². The molecule has 1 saturated heterocycles. The van der Waals surface area contributed by atoms with Crippen molar-refractivity contribution in [2.45, 2.75) is 37.8 Å². The van der Waals surface area contributed by atoms with E-state index in [1.165, 1.54) is 31.2 Å². The fourth-order valence-electron chi connectivity index (χ4n) is 3.08. The van der Waals surface area contributed by atoms with Crippen LogP contribution in [0.25, 0.3) is 0 Å². The molecule has 1 aliphatic carbocycles. The zero-order chi connectivity index (χ0) is 11.8. The van der Waals surface area contributed by atoms with Crippen LogP contribution in [0.4, 0.5) is 0 Å². The summed E-state index contributed by atoms with van der Waals surface area (Å²) >= 11 is 5.55. The van der Waals surface area contributed by atoms with Gasteiger partial charge in [0, 0.05) is 23.8 Å². The van der Waals surface area contributed by atoms with Crippen LogP contribution in [0.2, 0.25) is 0 Å². The number of fused-ring (bicyclic) bond motifs is 1. The monoisotopic (exact) mass is 262 g/mol. The Balaban J connectivity index is 2.23. The molecule has 3 nitrogen and oxygen atoms in total. The molecule has 0 unspecified atom stereocenters. The molecule has 2 aliphatic rings. The van der Waals surface area contributed by atoms with Crippen LogP contribution in [0.5, 0.6) is 0 Å². The molecule has 2 atom stereocenters. The fraction of sp³-hybridized carbons (Fsp3) is 0.818. The number of allylic oxidation sites excluding steroid dienone is 1. The molecular formula is C11H20ClN2OP. The van der Waals surface area contributed by atoms with Gasteiger partial charge in [0.15, 0.2) is 0 Å². The number of hydrogen-bond donors (Lipinski definition) is 0. The lowest BCUT2D eigenvalue weighted by atomic mass is 9.91. The summed E-state index contributed by atoms with van der Waals surface area (Å²) in [6.45, 7) is 0. The maximum absolute atomic E-state index is 12.9. The lowest BCUT2D eigenvalue weighted by molar-refractivity contribution is 0.233. The van der Waals surface area contributed by atoms with Crippen molar-refractivity contribution >= 4 is 19.0 Å². The Hall–Kier alpha value is 0.180. The van der Waals surface area contributed by atoms with E-state index in [4.69, 9.17) is 11.6 Å². The molecule has 0 bridgehead atoms. The van der Waals surface area contributed by atoms with Gasteiger partial charge in [-0.25, -0.2) is 9.34 Å². The maximum atomic E-state index is 12.9. The molecule has 1 heterocycles. The third-order valence-electron chi connectivity index (χ3n) is 4.07. The Morgan fingerprint density at radius 1 is 1.25 bits per heavy atom. The molecule has 2 fully saturated rings. The molecule has 92 valence electrons. The van der Waals surface area contributed by atoms with Gasteiger partial charge in [0.2, 0.25) is 7.44 Å². The molecule has 0 aromatic heterocycles. The summed E-state index contributed by atoms with van der Waals surface area (Å²) in [4.78, 5) is 0. The van der Waals surface area contributed by atoms with E-state index in [1.54, 1.807) is 0 Å². The summed E-state index contributed by atoms with van der Waals surface area (Å²) in [7, 11) is 1.64. The minimum absolute atomic E-state index is 0.480. The largest absolute Gasteiger partial charge is 0.288 e. The molecule has 0 radical (unpaired) electrons. The first kappa shape index (κ1) is 12.6. The van der Waals surface area contributed by atoms with Crippen molar-refractivity contribution in [3.8, 4) is 0 Å². The highest BCUT2D eigenvalue weighted by Crippen LogP contribution is 2.61. The predicted octanol–water partition coefficient (Wildman–Crippen LogP) is 3.12. The van der Waals surface area contributed by atoms with E-state index >= 15 is 0 Å². The first-order chi connectivity index (χ1) is 7.61. The average Bonchev–Trinajstić information content (AvgIpc) is 2.51. The van der Waals surface area contributed by atoms with Crippen molar-refractivity contribution < 1.29 is 4.57 Å². The highest BCUT2D eigenvalue weighted by Gasteiger charge is 2.50. The Labute approximate surface area is 103 Å². The van der Waals surface area contributed by atoms with E-state index in [-0.39, 0.29) is 0 Å². The van der Waals surface area contributed by atoms with Crippen molar-refractivity contribution in [3.05, 3.63) is 11.6 Å². The summed E-state index contributed by atoms with van der Waals surface area (Å²) in [5.41, 5.74) is 1.48. The molecule has 1 aliphatic heterocycles. The molecule has 0 N–H and O–H groups in total. The lowest BCUT2D eigenvalue weighted by Gasteiger charge is -2.28. The van der Waals surface area contributed by atoms with Gasteiger partial charge in [0.05, 0.1) is 0 Å². The highest BCUT2D eigenvalue weighted by molar-refractivity contribution is 7.59. The van der Waals surface area contributed by atoms with Crippen LogP contribution in [0.1, 0.15) is 25.7 Å². The van der Waals surface area contributed by atoms with Crippen molar-refractivity contribution in [2.75, 3.05) is 20.3 Å². The van der Waals surface area contributed by atoms with Gasteiger partial charge in [-0.1, -0.05) is 30.5 Å². The summed E-state index contributed by atoms with van der Waals surface area (Å²) in [6.07, 6.45) is 7.28. The van der Waals surface area contributed by atoms with Gasteiger partial charge in [-0.3, -0.25) is 4.57 Å². The van der Waals surface area contributed by atoms with Gasteiger partial charge in [-0.05, 0) is 26.9 Å². The molecule has 16 heavy (non-hydrogen) atoms. The number of likely N-dealkylation sites (N-methyl/N-ethyl adjacent to an activating group) is 2. The van der Waals surface area contributed by atoms with Crippen LogP contribution in [0.3, 0.4) is 0 Å². The van der Waals surface area contributed by atoms with E-state index < -0.39 is 7.44 Å². The number of rotatable bonds is 2. The second-order valence-corrected chi connectivity index (χ2v) is 7.98. The summed E-state index contributed by atoms with van der Waals surface area (Å²) in [5.74, 6) is 0. The second-order valence-electron chi connectivity index (χ2n) is 4.78. The van der Waals surface area contributed by atoms with Gasteiger partial charge in [0.1, 0.15) is 0 Å². The molecule has 2 rings (SSSR count).